The Balaban J connectivity index is 1.90. The van der Waals surface area contributed by atoms with Gasteiger partial charge in [0.1, 0.15) is 0 Å². The molecule has 1 saturated heterocycles. The molecule has 17 heavy (non-hydrogen) atoms. The van der Waals surface area contributed by atoms with Gasteiger partial charge in [0, 0.05) is 24.0 Å². The van der Waals surface area contributed by atoms with E-state index in [9.17, 15) is 0 Å². The summed E-state index contributed by atoms with van der Waals surface area (Å²) in [7, 11) is 0. The summed E-state index contributed by atoms with van der Waals surface area (Å²) in [6, 6.07) is 4.82. The average molecular weight is 273 g/mol. The lowest BCUT2D eigenvalue weighted by molar-refractivity contribution is 0.257. The van der Waals surface area contributed by atoms with Gasteiger partial charge in [-0.3, -0.25) is 4.90 Å². The highest BCUT2D eigenvalue weighted by molar-refractivity contribution is 7.16. The highest BCUT2D eigenvalue weighted by Gasteiger charge is 2.17. The van der Waals surface area contributed by atoms with Crippen molar-refractivity contribution < 1.29 is 0 Å². The predicted molar refractivity (Wildman–Crippen MR) is 75.9 cm³/mol. The van der Waals surface area contributed by atoms with Crippen LogP contribution in [0.25, 0.3) is 0 Å². The smallest absolute Gasteiger partial charge is 0.0931 e. The van der Waals surface area contributed by atoms with E-state index in [1.165, 1.54) is 37.2 Å². The molecule has 0 bridgehead atoms. The van der Waals surface area contributed by atoms with Crippen LogP contribution in [0.4, 0.5) is 0 Å². The SMILES string of the molecule is CCCC1CN(Cc2ccc(Cl)s2)CCCN1. The molecule has 96 valence electrons. The Hall–Kier alpha value is -0.0900. The van der Waals surface area contributed by atoms with Crippen molar-refractivity contribution in [2.45, 2.75) is 38.8 Å². The number of thiophene rings is 1. The first kappa shape index (κ1) is 13.3. The highest BCUT2D eigenvalue weighted by atomic mass is 35.5. The zero-order chi connectivity index (χ0) is 12.1. The maximum Gasteiger partial charge on any atom is 0.0931 e. The Kier molecular flexibility index (Phi) is 5.29. The average Bonchev–Trinajstić information content (AvgIpc) is 2.58. The van der Waals surface area contributed by atoms with E-state index in [4.69, 9.17) is 11.6 Å². The quantitative estimate of drug-likeness (QED) is 0.904. The Morgan fingerprint density at radius 2 is 2.41 bits per heavy atom. The molecule has 1 aliphatic heterocycles. The maximum absolute atomic E-state index is 5.98. The molecule has 2 heterocycles. The van der Waals surface area contributed by atoms with E-state index >= 15 is 0 Å². The number of rotatable bonds is 4. The van der Waals surface area contributed by atoms with Gasteiger partial charge in [-0.25, -0.2) is 0 Å². The van der Waals surface area contributed by atoms with Crippen molar-refractivity contribution in [3.05, 3.63) is 21.3 Å². The number of halogens is 1. The summed E-state index contributed by atoms with van der Waals surface area (Å²) >= 11 is 7.68. The molecule has 1 aromatic heterocycles. The van der Waals surface area contributed by atoms with Crippen LogP contribution in [0, 0.1) is 0 Å². The van der Waals surface area contributed by atoms with Crippen molar-refractivity contribution >= 4 is 22.9 Å². The predicted octanol–water partition coefficient (Wildman–Crippen LogP) is 3.37. The molecule has 0 spiro atoms. The molecule has 1 aliphatic rings. The number of nitrogens with one attached hydrogen (secondary N) is 1. The van der Waals surface area contributed by atoms with Crippen LogP contribution < -0.4 is 5.32 Å². The fourth-order valence-electron chi connectivity index (χ4n) is 2.42. The fraction of sp³-hybridized carbons (Fsp3) is 0.692. The van der Waals surface area contributed by atoms with Gasteiger partial charge >= 0.3 is 0 Å². The van der Waals surface area contributed by atoms with E-state index in [-0.39, 0.29) is 0 Å². The zero-order valence-electron chi connectivity index (χ0n) is 10.4. The molecule has 1 unspecified atom stereocenters. The first-order valence-electron chi connectivity index (χ1n) is 6.48. The molecule has 1 aromatic rings. The van der Waals surface area contributed by atoms with Gasteiger partial charge in [0.25, 0.3) is 0 Å². The van der Waals surface area contributed by atoms with Crippen molar-refractivity contribution in [1.82, 2.24) is 10.2 Å². The second-order valence-corrected chi connectivity index (χ2v) is 6.53. The molecular weight excluding hydrogens is 252 g/mol. The minimum Gasteiger partial charge on any atom is -0.313 e. The van der Waals surface area contributed by atoms with E-state index in [1.807, 2.05) is 6.07 Å². The summed E-state index contributed by atoms with van der Waals surface area (Å²) < 4.78 is 0.901. The normalized spacial score (nSPS) is 22.6. The van der Waals surface area contributed by atoms with E-state index in [1.54, 1.807) is 11.3 Å². The summed E-state index contributed by atoms with van der Waals surface area (Å²) in [6.07, 6.45) is 3.79. The Morgan fingerprint density at radius 3 is 3.12 bits per heavy atom. The standard InChI is InChI=1S/C13H21ClN2S/c1-2-4-11-9-16(8-3-7-15-11)10-12-5-6-13(14)17-12/h5-6,11,15H,2-4,7-10H2,1H3. The fourth-order valence-corrected chi connectivity index (χ4v) is 3.55. The second kappa shape index (κ2) is 6.74. The second-order valence-electron chi connectivity index (χ2n) is 4.73. The molecule has 1 atom stereocenters. The van der Waals surface area contributed by atoms with Crippen molar-refractivity contribution in [2.75, 3.05) is 19.6 Å². The van der Waals surface area contributed by atoms with E-state index in [0.717, 1.165) is 17.4 Å². The van der Waals surface area contributed by atoms with Gasteiger partial charge in [-0.1, -0.05) is 24.9 Å². The molecule has 0 radical (unpaired) electrons. The van der Waals surface area contributed by atoms with E-state index in [2.05, 4.69) is 23.2 Å². The van der Waals surface area contributed by atoms with Crippen LogP contribution in [0.3, 0.4) is 0 Å². The third kappa shape index (κ3) is 4.25. The van der Waals surface area contributed by atoms with Crippen molar-refractivity contribution in [2.24, 2.45) is 0 Å². The maximum atomic E-state index is 5.98. The molecule has 2 rings (SSSR count). The Morgan fingerprint density at radius 1 is 1.53 bits per heavy atom. The molecule has 0 aliphatic carbocycles. The van der Waals surface area contributed by atoms with Crippen LogP contribution in [0.1, 0.15) is 31.1 Å². The summed E-state index contributed by atoms with van der Waals surface area (Å²) in [4.78, 5) is 3.94. The molecule has 1 N–H and O–H groups in total. The van der Waals surface area contributed by atoms with Crippen molar-refractivity contribution in [3.63, 3.8) is 0 Å². The zero-order valence-corrected chi connectivity index (χ0v) is 12.0. The Bertz CT molecular complexity index is 340. The lowest BCUT2D eigenvalue weighted by Crippen LogP contribution is -2.37. The van der Waals surface area contributed by atoms with Crippen LogP contribution in [0.5, 0.6) is 0 Å². The number of nitrogens with zero attached hydrogens (tertiary/aromatic N) is 1. The summed E-state index contributed by atoms with van der Waals surface area (Å²) in [5.74, 6) is 0. The minimum absolute atomic E-state index is 0.665. The van der Waals surface area contributed by atoms with Gasteiger partial charge in [-0.05, 0) is 38.1 Å². The lowest BCUT2D eigenvalue weighted by Gasteiger charge is -2.23. The van der Waals surface area contributed by atoms with Gasteiger partial charge in [0.2, 0.25) is 0 Å². The van der Waals surface area contributed by atoms with Gasteiger partial charge < -0.3 is 5.32 Å². The third-order valence-corrected chi connectivity index (χ3v) is 4.42. The molecule has 0 amide bonds. The molecular formula is C13H21ClN2S. The molecule has 0 aromatic carbocycles. The van der Waals surface area contributed by atoms with E-state index in [0.29, 0.717) is 6.04 Å². The Labute approximate surface area is 113 Å². The topological polar surface area (TPSA) is 15.3 Å². The third-order valence-electron chi connectivity index (χ3n) is 3.21. The monoisotopic (exact) mass is 272 g/mol. The van der Waals surface area contributed by atoms with Gasteiger partial charge in [-0.15, -0.1) is 11.3 Å². The summed E-state index contributed by atoms with van der Waals surface area (Å²) in [6.45, 7) is 6.84. The molecule has 0 saturated carbocycles. The summed E-state index contributed by atoms with van der Waals surface area (Å²) in [5, 5.41) is 3.64. The van der Waals surface area contributed by atoms with Crippen LogP contribution in [0.15, 0.2) is 12.1 Å². The van der Waals surface area contributed by atoms with Gasteiger partial charge in [0.15, 0.2) is 0 Å². The van der Waals surface area contributed by atoms with Gasteiger partial charge in [-0.2, -0.15) is 0 Å². The summed E-state index contributed by atoms with van der Waals surface area (Å²) in [5.41, 5.74) is 0. The van der Waals surface area contributed by atoms with Crippen LogP contribution >= 0.6 is 22.9 Å². The molecule has 2 nitrogen and oxygen atoms in total. The van der Waals surface area contributed by atoms with Crippen LogP contribution in [0.2, 0.25) is 4.34 Å². The molecule has 4 heteroatoms. The highest BCUT2D eigenvalue weighted by Crippen LogP contribution is 2.23. The first-order valence-corrected chi connectivity index (χ1v) is 7.67. The van der Waals surface area contributed by atoms with Crippen LogP contribution in [-0.2, 0) is 6.54 Å². The minimum atomic E-state index is 0.665. The van der Waals surface area contributed by atoms with Crippen molar-refractivity contribution in [1.29, 1.82) is 0 Å². The lowest BCUT2D eigenvalue weighted by atomic mass is 10.1. The number of hydrogen-bond donors (Lipinski definition) is 1. The molecule has 1 fully saturated rings. The number of hydrogen-bond acceptors (Lipinski definition) is 3. The van der Waals surface area contributed by atoms with Crippen molar-refractivity contribution in [3.8, 4) is 0 Å². The largest absolute Gasteiger partial charge is 0.313 e. The van der Waals surface area contributed by atoms with E-state index < -0.39 is 0 Å². The van der Waals surface area contributed by atoms with Gasteiger partial charge in [0.05, 0.1) is 4.34 Å². The first-order chi connectivity index (χ1) is 8.28. The van der Waals surface area contributed by atoms with Crippen LogP contribution in [-0.4, -0.2) is 30.6 Å².